The zero-order valence-corrected chi connectivity index (χ0v) is 40.6. The Morgan fingerprint density at radius 2 is 0.694 bits per heavy atom. The van der Waals surface area contributed by atoms with E-state index in [4.69, 9.17) is 9.47 Å². The van der Waals surface area contributed by atoms with Crippen LogP contribution in [0.25, 0.3) is 0 Å². The average Bonchev–Trinajstić information content (AvgIpc) is 3.28. The van der Waals surface area contributed by atoms with Crippen molar-refractivity contribution in [2.75, 3.05) is 13.2 Å². The summed E-state index contributed by atoms with van der Waals surface area (Å²) in [4.78, 5) is 24.4. The SMILES string of the molecule is CC/C=C\C/C=C\C/C=C\C/C=C\CCCCCCC(=O)OC(CO)COC(=O)CCCCCCCCCCCCCCCCCC/C=C\C/C=C\C/C=C\CCCCCCC. The van der Waals surface area contributed by atoms with Crippen LogP contribution in [0.1, 0.15) is 245 Å². The summed E-state index contributed by atoms with van der Waals surface area (Å²) in [6.07, 6.45) is 72.6. The number of esters is 2. The van der Waals surface area contributed by atoms with Gasteiger partial charge in [0.05, 0.1) is 6.61 Å². The van der Waals surface area contributed by atoms with Gasteiger partial charge in [0.25, 0.3) is 0 Å². The number of unbranched alkanes of at least 4 members (excludes halogenated alkanes) is 25. The Labute approximate surface area is 384 Å². The molecule has 5 nitrogen and oxygen atoms in total. The molecule has 0 fully saturated rings. The summed E-state index contributed by atoms with van der Waals surface area (Å²) < 4.78 is 10.7. The van der Waals surface area contributed by atoms with E-state index in [0.29, 0.717) is 12.8 Å². The summed E-state index contributed by atoms with van der Waals surface area (Å²) in [7, 11) is 0. The summed E-state index contributed by atoms with van der Waals surface area (Å²) in [5.74, 6) is -0.617. The van der Waals surface area contributed by atoms with Gasteiger partial charge in [0, 0.05) is 12.8 Å². The molecule has 5 heteroatoms. The van der Waals surface area contributed by atoms with Gasteiger partial charge >= 0.3 is 11.9 Å². The molecule has 0 bridgehead atoms. The van der Waals surface area contributed by atoms with E-state index in [0.717, 1.165) is 89.9 Å². The second-order valence-corrected chi connectivity index (χ2v) is 17.2. The molecule has 62 heavy (non-hydrogen) atoms. The highest BCUT2D eigenvalue weighted by molar-refractivity contribution is 5.70. The van der Waals surface area contributed by atoms with Gasteiger partial charge in [-0.05, 0) is 89.9 Å². The van der Waals surface area contributed by atoms with Crippen LogP contribution in [0, 0.1) is 0 Å². The Morgan fingerprint density at radius 1 is 0.387 bits per heavy atom. The Bertz CT molecular complexity index is 1160. The van der Waals surface area contributed by atoms with Crippen molar-refractivity contribution in [3.05, 3.63) is 85.1 Å². The largest absolute Gasteiger partial charge is 0.462 e. The molecule has 0 aliphatic carbocycles. The Balaban J connectivity index is 3.50. The van der Waals surface area contributed by atoms with Crippen molar-refractivity contribution in [1.82, 2.24) is 0 Å². The molecule has 0 rings (SSSR count). The average molecular weight is 863 g/mol. The quantitative estimate of drug-likeness (QED) is 0.0375. The van der Waals surface area contributed by atoms with Crippen molar-refractivity contribution in [3.63, 3.8) is 0 Å². The summed E-state index contributed by atoms with van der Waals surface area (Å²) in [6, 6.07) is 0. The molecule has 0 spiro atoms. The number of carbonyl (C=O) groups excluding carboxylic acids is 2. The summed E-state index contributed by atoms with van der Waals surface area (Å²) in [5.41, 5.74) is 0. The second kappa shape index (κ2) is 52.4. The molecule has 0 aromatic rings. The van der Waals surface area contributed by atoms with Gasteiger partial charge in [-0.3, -0.25) is 9.59 Å². The number of allylic oxidation sites excluding steroid dienone is 14. The Hall–Kier alpha value is -2.92. The number of rotatable bonds is 47. The number of ether oxygens (including phenoxy) is 2. The van der Waals surface area contributed by atoms with Gasteiger partial charge in [0.15, 0.2) is 6.10 Å². The van der Waals surface area contributed by atoms with E-state index in [1.165, 1.54) is 128 Å². The third kappa shape index (κ3) is 49.7. The van der Waals surface area contributed by atoms with Crippen LogP contribution in [-0.2, 0) is 19.1 Å². The highest BCUT2D eigenvalue weighted by atomic mass is 16.6. The molecular formula is C57H98O5. The normalized spacial score (nSPS) is 12.9. The molecule has 0 heterocycles. The highest BCUT2D eigenvalue weighted by Crippen LogP contribution is 2.15. The fraction of sp³-hybridized carbons (Fsp3) is 0.719. The van der Waals surface area contributed by atoms with Gasteiger partial charge in [0.1, 0.15) is 6.61 Å². The first-order valence-corrected chi connectivity index (χ1v) is 26.1. The first-order chi connectivity index (χ1) is 30.6. The number of carbonyl (C=O) groups is 2. The van der Waals surface area contributed by atoms with Crippen molar-refractivity contribution < 1.29 is 24.2 Å². The zero-order valence-electron chi connectivity index (χ0n) is 40.6. The minimum absolute atomic E-state index is 0.0786. The van der Waals surface area contributed by atoms with E-state index in [-0.39, 0.29) is 25.2 Å². The lowest BCUT2D eigenvalue weighted by molar-refractivity contribution is -0.161. The van der Waals surface area contributed by atoms with Crippen molar-refractivity contribution in [2.45, 2.75) is 251 Å². The fourth-order valence-electron chi connectivity index (χ4n) is 7.26. The fourth-order valence-corrected chi connectivity index (χ4v) is 7.26. The molecule has 0 aliphatic rings. The molecule has 0 saturated carbocycles. The molecule has 0 saturated heterocycles. The van der Waals surface area contributed by atoms with Crippen LogP contribution in [0.4, 0.5) is 0 Å². The molecular weight excluding hydrogens is 765 g/mol. The van der Waals surface area contributed by atoms with E-state index in [1.54, 1.807) is 0 Å². The molecule has 0 aromatic carbocycles. The maximum Gasteiger partial charge on any atom is 0.306 e. The lowest BCUT2D eigenvalue weighted by atomic mass is 10.0. The minimum Gasteiger partial charge on any atom is -0.462 e. The van der Waals surface area contributed by atoms with E-state index < -0.39 is 6.10 Å². The van der Waals surface area contributed by atoms with Gasteiger partial charge < -0.3 is 14.6 Å². The smallest absolute Gasteiger partial charge is 0.306 e. The topological polar surface area (TPSA) is 72.8 Å². The molecule has 356 valence electrons. The molecule has 0 radical (unpaired) electrons. The predicted molar refractivity (Wildman–Crippen MR) is 269 cm³/mol. The van der Waals surface area contributed by atoms with Crippen LogP contribution in [0.3, 0.4) is 0 Å². The Morgan fingerprint density at radius 3 is 1.05 bits per heavy atom. The van der Waals surface area contributed by atoms with Gasteiger partial charge in [-0.1, -0.05) is 227 Å². The van der Waals surface area contributed by atoms with Crippen LogP contribution in [-0.4, -0.2) is 36.4 Å². The number of aliphatic hydroxyl groups is 1. The molecule has 0 aromatic heterocycles. The lowest BCUT2D eigenvalue weighted by Gasteiger charge is -2.15. The van der Waals surface area contributed by atoms with Crippen molar-refractivity contribution in [2.24, 2.45) is 0 Å². The molecule has 1 N–H and O–H groups in total. The van der Waals surface area contributed by atoms with E-state index >= 15 is 0 Å². The van der Waals surface area contributed by atoms with Crippen molar-refractivity contribution in [1.29, 1.82) is 0 Å². The van der Waals surface area contributed by atoms with E-state index in [9.17, 15) is 14.7 Å². The minimum atomic E-state index is -0.789. The number of hydrogen-bond acceptors (Lipinski definition) is 5. The van der Waals surface area contributed by atoms with Crippen LogP contribution in [0.15, 0.2) is 85.1 Å². The lowest BCUT2D eigenvalue weighted by Crippen LogP contribution is -2.28. The maximum atomic E-state index is 12.2. The van der Waals surface area contributed by atoms with Crippen molar-refractivity contribution >= 4 is 11.9 Å². The van der Waals surface area contributed by atoms with Crippen LogP contribution >= 0.6 is 0 Å². The monoisotopic (exact) mass is 863 g/mol. The third-order valence-corrected chi connectivity index (χ3v) is 11.2. The van der Waals surface area contributed by atoms with Gasteiger partial charge in [-0.25, -0.2) is 0 Å². The van der Waals surface area contributed by atoms with Crippen LogP contribution < -0.4 is 0 Å². The molecule has 1 unspecified atom stereocenters. The highest BCUT2D eigenvalue weighted by Gasteiger charge is 2.16. The van der Waals surface area contributed by atoms with E-state index in [1.807, 2.05) is 0 Å². The summed E-state index contributed by atoms with van der Waals surface area (Å²) in [6.45, 7) is 4.00. The molecule has 0 aliphatic heterocycles. The van der Waals surface area contributed by atoms with Crippen LogP contribution in [0.5, 0.6) is 0 Å². The predicted octanol–water partition coefficient (Wildman–Crippen LogP) is 17.4. The second-order valence-electron chi connectivity index (χ2n) is 17.2. The van der Waals surface area contributed by atoms with Crippen molar-refractivity contribution in [3.8, 4) is 0 Å². The molecule has 1 atom stereocenters. The first kappa shape index (κ1) is 59.1. The van der Waals surface area contributed by atoms with Gasteiger partial charge in [-0.15, -0.1) is 0 Å². The zero-order chi connectivity index (χ0) is 44.9. The van der Waals surface area contributed by atoms with E-state index in [2.05, 4.69) is 98.9 Å². The number of hydrogen-bond donors (Lipinski definition) is 1. The van der Waals surface area contributed by atoms with Crippen LogP contribution in [0.2, 0.25) is 0 Å². The summed E-state index contributed by atoms with van der Waals surface area (Å²) in [5, 5.41) is 9.62. The number of aliphatic hydroxyl groups excluding tert-OH is 1. The van der Waals surface area contributed by atoms with Gasteiger partial charge in [0.2, 0.25) is 0 Å². The third-order valence-electron chi connectivity index (χ3n) is 11.2. The maximum absolute atomic E-state index is 12.2. The molecule has 0 amide bonds. The van der Waals surface area contributed by atoms with Gasteiger partial charge in [-0.2, -0.15) is 0 Å². The summed E-state index contributed by atoms with van der Waals surface area (Å²) >= 11 is 0. The Kier molecular flexibility index (Phi) is 50.0. The standard InChI is InChI=1S/C57H98O5/c1-3-5-7-9-11-13-15-17-19-21-22-23-24-25-26-27-28-29-30-31-32-33-34-36-37-39-41-43-45-47-49-51-56(59)61-54-55(53-58)62-57(60)52-50-48-46-44-42-40-38-35-20-18-16-14-12-10-8-6-4-2/h6,8,12,14-15,17-18,20-22,24-25,38,40,55,58H,3-5,7,9-11,13,16,19,23,26-37,39,41-54H2,1-2H3/b8-6-,14-12-,17-15-,20-18-,22-21-,25-24-,40-38-. The first-order valence-electron chi connectivity index (χ1n) is 26.1.